The molecule has 0 heterocycles. The summed E-state index contributed by atoms with van der Waals surface area (Å²) in [5.41, 5.74) is -0.221. The number of nitro benzene ring substituents is 1. The number of halogens is 2. The number of aliphatic hydroxyl groups excluding tert-OH is 1. The highest BCUT2D eigenvalue weighted by atomic mass is 79.9. The van der Waals surface area contributed by atoms with Gasteiger partial charge in [0.05, 0.1) is 21.6 Å². The molecule has 2 N–H and O–H groups in total. The zero-order valence-corrected chi connectivity index (χ0v) is 13.2. The molecule has 1 atom stereocenters. The second-order valence-corrected chi connectivity index (χ2v) is 6.69. The smallest absolute Gasteiger partial charge is 0.295 e. The summed E-state index contributed by atoms with van der Waals surface area (Å²) < 4.78 is 13.4. The number of benzene rings is 1. The fourth-order valence-electron chi connectivity index (χ4n) is 1.84. The number of aliphatic hydroxyl groups is 1. The average molecular weight is 349 g/mol. The molecule has 0 spiro atoms. The van der Waals surface area contributed by atoms with Crippen molar-refractivity contribution in [3.8, 4) is 0 Å². The molecule has 0 aliphatic rings. The molecule has 1 aromatic rings. The van der Waals surface area contributed by atoms with Crippen LogP contribution >= 0.6 is 15.9 Å². The highest BCUT2D eigenvalue weighted by Gasteiger charge is 2.20. The summed E-state index contributed by atoms with van der Waals surface area (Å²) in [6.45, 7) is 6.14. The third-order valence-electron chi connectivity index (χ3n) is 2.61. The number of hydrogen-bond donors (Lipinski definition) is 2. The van der Waals surface area contributed by atoms with Crippen LogP contribution in [0.25, 0.3) is 0 Å². The molecule has 1 aromatic carbocycles. The van der Waals surface area contributed by atoms with Gasteiger partial charge in [0.1, 0.15) is 11.5 Å². The van der Waals surface area contributed by atoms with E-state index < -0.39 is 16.8 Å². The van der Waals surface area contributed by atoms with Crippen molar-refractivity contribution in [2.24, 2.45) is 5.41 Å². The Bertz CT molecular complexity index is 503. The van der Waals surface area contributed by atoms with Gasteiger partial charge in [-0.05, 0) is 33.8 Å². The van der Waals surface area contributed by atoms with E-state index in [1.807, 2.05) is 20.8 Å². The lowest BCUT2D eigenvalue weighted by Crippen LogP contribution is -2.25. The summed E-state index contributed by atoms with van der Waals surface area (Å²) in [5.74, 6) is -0.697. The van der Waals surface area contributed by atoms with Crippen LogP contribution in [0, 0.1) is 21.3 Å². The molecule has 0 bridgehead atoms. The fraction of sp³-hybridized carbons (Fsp3) is 0.538. The van der Waals surface area contributed by atoms with Crippen molar-refractivity contribution in [3.63, 3.8) is 0 Å². The van der Waals surface area contributed by atoms with Crippen LogP contribution < -0.4 is 5.32 Å². The van der Waals surface area contributed by atoms with Gasteiger partial charge in [0, 0.05) is 6.54 Å². The average Bonchev–Trinajstić information content (AvgIpc) is 2.27. The Morgan fingerprint density at radius 3 is 2.60 bits per heavy atom. The molecule has 0 saturated carbocycles. The molecule has 0 aliphatic heterocycles. The molecule has 0 saturated heterocycles. The first-order chi connectivity index (χ1) is 9.10. The predicted octanol–water partition coefficient (Wildman–Crippen LogP) is 3.71. The second kappa shape index (κ2) is 6.49. The topological polar surface area (TPSA) is 75.4 Å². The summed E-state index contributed by atoms with van der Waals surface area (Å²) >= 11 is 2.99. The van der Waals surface area contributed by atoms with Gasteiger partial charge in [-0.15, -0.1) is 0 Å². The van der Waals surface area contributed by atoms with Gasteiger partial charge in [0.15, 0.2) is 0 Å². The van der Waals surface area contributed by atoms with E-state index in [1.165, 1.54) is 6.07 Å². The van der Waals surface area contributed by atoms with Crippen LogP contribution in [-0.2, 0) is 0 Å². The van der Waals surface area contributed by atoms with E-state index in [4.69, 9.17) is 0 Å². The summed E-state index contributed by atoms with van der Waals surface area (Å²) in [5, 5.41) is 23.6. The van der Waals surface area contributed by atoms with Crippen LogP contribution in [0.4, 0.5) is 15.8 Å². The third kappa shape index (κ3) is 5.05. The number of hydrogen-bond acceptors (Lipinski definition) is 4. The van der Waals surface area contributed by atoms with Gasteiger partial charge in [-0.2, -0.15) is 0 Å². The Hall–Kier alpha value is -1.21. The molecule has 0 aromatic heterocycles. The minimum Gasteiger partial charge on any atom is -0.391 e. The van der Waals surface area contributed by atoms with Crippen LogP contribution in [0.5, 0.6) is 0 Å². The molecule has 0 radical (unpaired) electrons. The predicted molar refractivity (Wildman–Crippen MR) is 79.3 cm³/mol. The van der Waals surface area contributed by atoms with Crippen LogP contribution in [-0.4, -0.2) is 22.7 Å². The van der Waals surface area contributed by atoms with Crippen molar-refractivity contribution in [1.29, 1.82) is 0 Å². The van der Waals surface area contributed by atoms with E-state index >= 15 is 0 Å². The Labute approximate surface area is 125 Å². The van der Waals surface area contributed by atoms with Gasteiger partial charge < -0.3 is 10.4 Å². The fourth-order valence-corrected chi connectivity index (χ4v) is 2.18. The zero-order valence-electron chi connectivity index (χ0n) is 11.6. The number of anilines is 1. The van der Waals surface area contributed by atoms with Crippen molar-refractivity contribution in [3.05, 3.63) is 32.5 Å². The van der Waals surface area contributed by atoms with E-state index in [-0.39, 0.29) is 27.8 Å². The number of nitro groups is 1. The first kappa shape index (κ1) is 16.8. The van der Waals surface area contributed by atoms with Gasteiger partial charge in [-0.3, -0.25) is 10.1 Å². The molecular formula is C13H18BrFN2O3. The third-order valence-corrected chi connectivity index (χ3v) is 3.22. The lowest BCUT2D eigenvalue weighted by Gasteiger charge is -2.22. The van der Waals surface area contributed by atoms with E-state index in [2.05, 4.69) is 21.2 Å². The molecular weight excluding hydrogens is 331 g/mol. The van der Waals surface area contributed by atoms with E-state index in [0.717, 1.165) is 6.07 Å². The normalized spacial score (nSPS) is 13.1. The van der Waals surface area contributed by atoms with Gasteiger partial charge in [0.2, 0.25) is 0 Å². The maximum absolute atomic E-state index is 13.3. The van der Waals surface area contributed by atoms with Gasteiger partial charge in [-0.25, -0.2) is 4.39 Å². The summed E-state index contributed by atoms with van der Waals surface area (Å²) in [6, 6.07) is 2.15. The molecule has 1 rings (SSSR count). The zero-order chi connectivity index (χ0) is 15.5. The first-order valence-electron chi connectivity index (χ1n) is 6.15. The first-order valence-corrected chi connectivity index (χ1v) is 6.95. The number of rotatable bonds is 5. The molecule has 0 amide bonds. The monoisotopic (exact) mass is 348 g/mol. The van der Waals surface area contributed by atoms with Crippen LogP contribution in [0.15, 0.2) is 16.6 Å². The molecule has 7 heteroatoms. The highest BCUT2D eigenvalue weighted by Crippen LogP contribution is 2.30. The SMILES string of the molecule is CC(C)(C)CC(O)CNc1cc(Br)c(F)cc1[N+](=O)[O-]. The Morgan fingerprint density at radius 2 is 2.10 bits per heavy atom. The maximum Gasteiger partial charge on any atom is 0.295 e. The van der Waals surface area contributed by atoms with Crippen LogP contribution in [0.1, 0.15) is 27.2 Å². The second-order valence-electron chi connectivity index (χ2n) is 5.84. The maximum atomic E-state index is 13.3. The lowest BCUT2D eigenvalue weighted by molar-refractivity contribution is -0.384. The quantitative estimate of drug-likeness (QED) is 0.628. The van der Waals surface area contributed by atoms with E-state index in [9.17, 15) is 19.6 Å². The Balaban J connectivity index is 2.82. The van der Waals surface area contributed by atoms with Gasteiger partial charge in [0.25, 0.3) is 5.69 Å². The Morgan fingerprint density at radius 1 is 1.50 bits per heavy atom. The van der Waals surface area contributed by atoms with Gasteiger partial charge >= 0.3 is 0 Å². The summed E-state index contributed by atoms with van der Waals surface area (Å²) in [7, 11) is 0. The summed E-state index contributed by atoms with van der Waals surface area (Å²) in [4.78, 5) is 10.2. The minimum atomic E-state index is -0.697. The standard InChI is InChI=1S/C13H18BrFN2O3/c1-13(2,3)6-8(18)7-16-11-4-9(14)10(15)5-12(11)17(19)20/h4-5,8,16,18H,6-7H2,1-3H3. The Kier molecular flexibility index (Phi) is 5.47. The van der Waals surface area contributed by atoms with Crippen LogP contribution in [0.2, 0.25) is 0 Å². The van der Waals surface area contributed by atoms with Crippen molar-refractivity contribution in [1.82, 2.24) is 0 Å². The molecule has 1 unspecified atom stereocenters. The molecule has 0 aliphatic carbocycles. The van der Waals surface area contributed by atoms with E-state index in [0.29, 0.717) is 6.42 Å². The number of nitrogens with one attached hydrogen (secondary N) is 1. The number of nitrogens with zero attached hydrogens (tertiary/aromatic N) is 1. The van der Waals surface area contributed by atoms with Crippen molar-refractivity contribution < 1.29 is 14.4 Å². The highest BCUT2D eigenvalue weighted by molar-refractivity contribution is 9.10. The molecule has 20 heavy (non-hydrogen) atoms. The van der Waals surface area contributed by atoms with Crippen molar-refractivity contribution in [2.75, 3.05) is 11.9 Å². The molecule has 0 fully saturated rings. The molecule has 5 nitrogen and oxygen atoms in total. The van der Waals surface area contributed by atoms with Crippen molar-refractivity contribution in [2.45, 2.75) is 33.3 Å². The summed E-state index contributed by atoms with van der Waals surface area (Å²) in [6.07, 6.45) is -0.0886. The minimum absolute atomic E-state index is 0.0452. The van der Waals surface area contributed by atoms with Crippen molar-refractivity contribution >= 4 is 27.3 Å². The largest absolute Gasteiger partial charge is 0.391 e. The van der Waals surface area contributed by atoms with Crippen LogP contribution in [0.3, 0.4) is 0 Å². The van der Waals surface area contributed by atoms with Gasteiger partial charge in [-0.1, -0.05) is 20.8 Å². The lowest BCUT2D eigenvalue weighted by atomic mass is 9.89. The van der Waals surface area contributed by atoms with E-state index in [1.54, 1.807) is 0 Å². The molecule has 112 valence electrons.